The van der Waals surface area contributed by atoms with Crippen molar-refractivity contribution in [2.75, 3.05) is 33.4 Å². The zero-order chi connectivity index (χ0) is 22.6. The minimum Gasteiger partial charge on any atom is -0.497 e. The summed E-state index contributed by atoms with van der Waals surface area (Å²) in [6, 6.07) is 17.0. The van der Waals surface area contributed by atoms with Gasteiger partial charge in [0.2, 0.25) is 5.91 Å². The summed E-state index contributed by atoms with van der Waals surface area (Å²) >= 11 is 0. The molecule has 0 radical (unpaired) electrons. The van der Waals surface area contributed by atoms with Gasteiger partial charge < -0.3 is 14.4 Å². The third-order valence-corrected chi connectivity index (χ3v) is 6.31. The number of amides is 1. The number of carbonyl (C=O) groups is 1. The zero-order valence-electron chi connectivity index (χ0n) is 18.4. The number of halogens is 2. The van der Waals surface area contributed by atoms with Crippen molar-refractivity contribution in [3.05, 3.63) is 65.7 Å². The summed E-state index contributed by atoms with van der Waals surface area (Å²) in [6.45, 7) is 1.44. The summed E-state index contributed by atoms with van der Waals surface area (Å²) in [4.78, 5) is 16.1. The number of hydrogen-bond acceptors (Lipinski definition) is 4. The van der Waals surface area contributed by atoms with Gasteiger partial charge in [-0.05, 0) is 29.7 Å². The number of hydrogen-bond donors (Lipinski definition) is 0. The van der Waals surface area contributed by atoms with Crippen molar-refractivity contribution in [3.63, 3.8) is 0 Å². The van der Waals surface area contributed by atoms with E-state index in [1.54, 1.807) is 12.0 Å². The van der Waals surface area contributed by atoms with Crippen LogP contribution in [0, 0.1) is 0 Å². The van der Waals surface area contributed by atoms with Crippen molar-refractivity contribution in [1.82, 2.24) is 9.80 Å². The van der Waals surface area contributed by atoms with Gasteiger partial charge >= 0.3 is 0 Å². The number of rotatable bonds is 9. The number of aryl methyl sites for hydroxylation is 1. The zero-order valence-corrected chi connectivity index (χ0v) is 18.4. The normalized spacial score (nSPS) is 20.8. The van der Waals surface area contributed by atoms with Crippen LogP contribution in [0.1, 0.15) is 24.0 Å². The molecular weight excluding hydrogens is 414 g/mol. The Bertz CT molecular complexity index is 886. The van der Waals surface area contributed by atoms with Crippen molar-refractivity contribution in [2.24, 2.45) is 0 Å². The molecule has 2 aliphatic rings. The minimum atomic E-state index is -2.71. The van der Waals surface area contributed by atoms with Crippen molar-refractivity contribution in [1.29, 1.82) is 0 Å². The van der Waals surface area contributed by atoms with Gasteiger partial charge in [0, 0.05) is 38.0 Å². The van der Waals surface area contributed by atoms with E-state index in [0.29, 0.717) is 32.5 Å². The number of alkyl halides is 2. The fraction of sp³-hybridized carbons (Fsp3) is 0.480. The lowest BCUT2D eigenvalue weighted by molar-refractivity contribution is -0.139. The van der Waals surface area contributed by atoms with E-state index >= 15 is 0 Å². The Kier molecular flexibility index (Phi) is 7.06. The average Bonchev–Trinajstić information content (AvgIpc) is 3.06. The molecule has 4 rings (SSSR count). The molecule has 0 aromatic heterocycles. The Morgan fingerprint density at radius 1 is 1.06 bits per heavy atom. The molecule has 0 unspecified atom stereocenters. The average molecular weight is 445 g/mol. The number of carbonyl (C=O) groups excluding carboxylic acids is 1. The number of likely N-dealkylation sites (tertiary alicyclic amines) is 2. The molecule has 1 atom stereocenters. The lowest BCUT2D eigenvalue weighted by Crippen LogP contribution is -2.62. The molecule has 2 aromatic carbocycles. The molecule has 32 heavy (non-hydrogen) atoms. The van der Waals surface area contributed by atoms with Crippen molar-refractivity contribution in [2.45, 2.75) is 43.9 Å². The maximum atomic E-state index is 14.1. The summed E-state index contributed by atoms with van der Waals surface area (Å²) in [7, 11) is 1.62. The Morgan fingerprint density at radius 3 is 2.47 bits per heavy atom. The molecule has 2 fully saturated rings. The van der Waals surface area contributed by atoms with Crippen LogP contribution in [-0.2, 0) is 22.6 Å². The molecule has 0 bridgehead atoms. The summed E-state index contributed by atoms with van der Waals surface area (Å²) < 4.78 is 39.2. The topological polar surface area (TPSA) is 42.0 Å². The highest BCUT2D eigenvalue weighted by Gasteiger charge is 2.50. The highest BCUT2D eigenvalue weighted by Crippen LogP contribution is 2.35. The standard InChI is InChI=1S/C25H30F2N2O3/c1-31-23-10-7-19(8-11-23)9-12-24(30)28-14-22(15-28)29-18-25(26,27)13-21(29)17-32-16-20-5-3-2-4-6-20/h2-8,10-11,21-22H,9,12-18H2,1H3/t21-/m0/s1. The number of methoxy groups -OCH3 is 1. The summed E-state index contributed by atoms with van der Waals surface area (Å²) in [5.74, 6) is -1.85. The predicted octanol–water partition coefficient (Wildman–Crippen LogP) is 3.77. The lowest BCUT2D eigenvalue weighted by atomic mass is 10.0. The van der Waals surface area contributed by atoms with Gasteiger partial charge in [0.15, 0.2) is 0 Å². The van der Waals surface area contributed by atoms with Gasteiger partial charge in [-0.1, -0.05) is 42.5 Å². The van der Waals surface area contributed by atoms with E-state index in [1.807, 2.05) is 59.5 Å². The third-order valence-electron chi connectivity index (χ3n) is 6.31. The predicted molar refractivity (Wildman–Crippen MR) is 118 cm³/mol. The van der Waals surface area contributed by atoms with Crippen LogP contribution in [0.4, 0.5) is 8.78 Å². The van der Waals surface area contributed by atoms with E-state index in [0.717, 1.165) is 16.9 Å². The Labute approximate surface area is 187 Å². The van der Waals surface area contributed by atoms with Crippen LogP contribution < -0.4 is 4.74 Å². The molecule has 0 aliphatic carbocycles. The maximum Gasteiger partial charge on any atom is 0.262 e. The molecule has 2 saturated heterocycles. The second-order valence-corrected chi connectivity index (χ2v) is 8.69. The molecule has 7 heteroatoms. The summed E-state index contributed by atoms with van der Waals surface area (Å²) in [5, 5.41) is 0. The quantitative estimate of drug-likeness (QED) is 0.591. The second kappa shape index (κ2) is 9.96. The van der Waals surface area contributed by atoms with E-state index in [1.165, 1.54) is 0 Å². The van der Waals surface area contributed by atoms with Gasteiger partial charge in [-0.2, -0.15) is 0 Å². The molecule has 0 N–H and O–H groups in total. The van der Waals surface area contributed by atoms with Gasteiger partial charge in [0.1, 0.15) is 5.75 Å². The smallest absolute Gasteiger partial charge is 0.262 e. The number of ether oxygens (including phenoxy) is 2. The van der Waals surface area contributed by atoms with E-state index < -0.39 is 5.92 Å². The van der Waals surface area contributed by atoms with Gasteiger partial charge in [0.05, 0.1) is 26.9 Å². The van der Waals surface area contributed by atoms with Gasteiger partial charge in [-0.3, -0.25) is 9.69 Å². The first-order valence-electron chi connectivity index (χ1n) is 11.1. The van der Waals surface area contributed by atoms with E-state index in [2.05, 4.69) is 0 Å². The first-order valence-corrected chi connectivity index (χ1v) is 11.1. The SMILES string of the molecule is COc1ccc(CCC(=O)N2CC(N3CC(F)(F)C[C@H]3COCc3ccccc3)C2)cc1. The van der Waals surface area contributed by atoms with Crippen LogP contribution in [-0.4, -0.2) is 67.1 Å². The Hall–Kier alpha value is -2.51. The Morgan fingerprint density at radius 2 is 1.78 bits per heavy atom. The highest BCUT2D eigenvalue weighted by molar-refractivity contribution is 5.77. The van der Waals surface area contributed by atoms with Crippen LogP contribution in [0.15, 0.2) is 54.6 Å². The second-order valence-electron chi connectivity index (χ2n) is 8.69. The van der Waals surface area contributed by atoms with Crippen LogP contribution >= 0.6 is 0 Å². The molecule has 1 amide bonds. The van der Waals surface area contributed by atoms with E-state index in [9.17, 15) is 13.6 Å². The van der Waals surface area contributed by atoms with Gasteiger partial charge in [0.25, 0.3) is 5.92 Å². The first-order chi connectivity index (χ1) is 15.4. The van der Waals surface area contributed by atoms with E-state index in [4.69, 9.17) is 9.47 Å². The molecule has 2 aromatic rings. The van der Waals surface area contributed by atoms with Crippen molar-refractivity contribution in [3.8, 4) is 5.75 Å². The molecular formula is C25H30F2N2O3. The third kappa shape index (κ3) is 5.64. The fourth-order valence-corrected chi connectivity index (χ4v) is 4.46. The molecule has 5 nitrogen and oxygen atoms in total. The highest BCUT2D eigenvalue weighted by atomic mass is 19.3. The van der Waals surface area contributed by atoms with Gasteiger partial charge in [-0.15, -0.1) is 0 Å². The van der Waals surface area contributed by atoms with Gasteiger partial charge in [-0.25, -0.2) is 8.78 Å². The minimum absolute atomic E-state index is 0.0290. The largest absolute Gasteiger partial charge is 0.497 e. The van der Waals surface area contributed by atoms with E-state index in [-0.39, 0.29) is 37.6 Å². The van der Waals surface area contributed by atoms with Crippen LogP contribution in [0.3, 0.4) is 0 Å². The fourth-order valence-electron chi connectivity index (χ4n) is 4.46. The van der Waals surface area contributed by atoms with Crippen molar-refractivity contribution >= 4 is 5.91 Å². The first kappa shape index (κ1) is 22.7. The monoisotopic (exact) mass is 444 g/mol. The lowest BCUT2D eigenvalue weighted by Gasteiger charge is -2.46. The Balaban J connectivity index is 1.23. The summed E-state index contributed by atoms with van der Waals surface area (Å²) in [6.07, 6.45) is 0.879. The van der Waals surface area contributed by atoms with Crippen molar-refractivity contribution < 1.29 is 23.0 Å². The summed E-state index contributed by atoms with van der Waals surface area (Å²) in [5.41, 5.74) is 2.10. The molecule has 0 saturated carbocycles. The van der Waals surface area contributed by atoms with Crippen LogP contribution in [0.25, 0.3) is 0 Å². The van der Waals surface area contributed by atoms with Crippen LogP contribution in [0.5, 0.6) is 5.75 Å². The molecule has 2 aliphatic heterocycles. The molecule has 2 heterocycles. The molecule has 0 spiro atoms. The number of benzene rings is 2. The van der Waals surface area contributed by atoms with Crippen LogP contribution in [0.2, 0.25) is 0 Å². The number of nitrogens with zero attached hydrogens (tertiary/aromatic N) is 2. The molecule has 172 valence electrons. The maximum absolute atomic E-state index is 14.1.